The number of halogens is 1. The van der Waals surface area contributed by atoms with Crippen LogP contribution in [0.2, 0.25) is 0 Å². The second kappa shape index (κ2) is 8.91. The van der Waals surface area contributed by atoms with Crippen molar-refractivity contribution < 1.29 is 9.21 Å². The Morgan fingerprint density at radius 3 is 2.59 bits per heavy atom. The van der Waals surface area contributed by atoms with E-state index in [-0.39, 0.29) is 5.91 Å². The van der Waals surface area contributed by atoms with Crippen LogP contribution >= 0.6 is 15.9 Å². The highest BCUT2D eigenvalue weighted by Gasteiger charge is 2.08. The molecule has 3 rings (SSSR count). The third-order valence-corrected chi connectivity index (χ3v) is 4.58. The third kappa shape index (κ3) is 5.47. The highest BCUT2D eigenvalue weighted by atomic mass is 79.9. The second-order valence-corrected chi connectivity index (χ2v) is 7.73. The minimum atomic E-state index is -0.0529. The molecule has 0 saturated heterocycles. The lowest BCUT2D eigenvalue weighted by atomic mass is 10.1. The monoisotopic (exact) mass is 426 g/mol. The number of carbonyl (C=O) groups is 1. The lowest BCUT2D eigenvalue weighted by Crippen LogP contribution is -2.27. The summed E-state index contributed by atoms with van der Waals surface area (Å²) in [6, 6.07) is 19.4. The number of nitrogens with one attached hydrogen (secondary N) is 2. The van der Waals surface area contributed by atoms with E-state index in [2.05, 4.69) is 40.4 Å². The van der Waals surface area contributed by atoms with Crippen LogP contribution in [0.15, 0.2) is 69.6 Å². The minimum Gasteiger partial charge on any atom is -0.459 e. The molecular formula is C22H23BrN2O2. The van der Waals surface area contributed by atoms with Crippen LogP contribution in [0.4, 0.5) is 5.69 Å². The molecule has 3 aromatic rings. The molecule has 140 valence electrons. The summed E-state index contributed by atoms with van der Waals surface area (Å²) < 4.78 is 6.96. The number of carbonyl (C=O) groups excluding carboxylic acids is 1. The molecule has 4 nitrogen and oxygen atoms in total. The van der Waals surface area contributed by atoms with Crippen LogP contribution in [-0.4, -0.2) is 12.5 Å². The first-order valence-electron chi connectivity index (χ1n) is 8.98. The third-order valence-electron chi connectivity index (χ3n) is 4.05. The number of furan rings is 1. The molecule has 0 atom stereocenters. The van der Waals surface area contributed by atoms with Crippen molar-refractivity contribution in [1.29, 1.82) is 0 Å². The van der Waals surface area contributed by atoms with Crippen molar-refractivity contribution in [2.75, 3.05) is 11.9 Å². The van der Waals surface area contributed by atoms with E-state index in [1.807, 2.05) is 60.7 Å². The van der Waals surface area contributed by atoms with Crippen LogP contribution < -0.4 is 10.6 Å². The molecule has 1 amide bonds. The van der Waals surface area contributed by atoms with Crippen molar-refractivity contribution in [3.8, 4) is 11.3 Å². The van der Waals surface area contributed by atoms with Crippen LogP contribution in [0.5, 0.6) is 0 Å². The Labute approximate surface area is 168 Å². The molecule has 0 saturated carbocycles. The summed E-state index contributed by atoms with van der Waals surface area (Å²) >= 11 is 3.44. The van der Waals surface area contributed by atoms with Crippen molar-refractivity contribution in [3.63, 3.8) is 0 Å². The summed E-state index contributed by atoms with van der Waals surface area (Å²) in [5, 5.41) is 6.25. The van der Waals surface area contributed by atoms with Gasteiger partial charge in [0.25, 0.3) is 5.91 Å². The van der Waals surface area contributed by atoms with Crippen LogP contribution in [0, 0.1) is 5.92 Å². The first kappa shape index (κ1) is 19.2. The highest BCUT2D eigenvalue weighted by molar-refractivity contribution is 9.10. The summed E-state index contributed by atoms with van der Waals surface area (Å²) in [6.45, 7) is 5.36. The number of benzene rings is 2. The van der Waals surface area contributed by atoms with E-state index in [0.29, 0.717) is 24.6 Å². The molecule has 1 aromatic heterocycles. The summed E-state index contributed by atoms with van der Waals surface area (Å²) in [5.74, 6) is 2.04. The Hall–Kier alpha value is -2.53. The van der Waals surface area contributed by atoms with Gasteiger partial charge >= 0.3 is 0 Å². The fraction of sp³-hybridized carbons (Fsp3) is 0.227. The average molecular weight is 427 g/mol. The van der Waals surface area contributed by atoms with Gasteiger partial charge in [-0.05, 0) is 48.4 Å². The molecule has 0 fully saturated rings. The predicted molar refractivity (Wildman–Crippen MR) is 113 cm³/mol. The fourth-order valence-corrected chi connectivity index (χ4v) is 2.87. The van der Waals surface area contributed by atoms with Crippen molar-refractivity contribution >= 4 is 27.5 Å². The summed E-state index contributed by atoms with van der Waals surface area (Å²) in [7, 11) is 0. The Balaban J connectivity index is 1.61. The van der Waals surface area contributed by atoms with Gasteiger partial charge in [-0.15, -0.1) is 0 Å². The Morgan fingerprint density at radius 2 is 1.85 bits per heavy atom. The zero-order valence-electron chi connectivity index (χ0n) is 15.5. The smallest absolute Gasteiger partial charge is 0.251 e. The number of hydrogen-bond donors (Lipinski definition) is 2. The topological polar surface area (TPSA) is 54.3 Å². The van der Waals surface area contributed by atoms with Crippen LogP contribution in [0.3, 0.4) is 0 Å². The maximum Gasteiger partial charge on any atom is 0.251 e. The van der Waals surface area contributed by atoms with Crippen LogP contribution in [-0.2, 0) is 6.54 Å². The molecule has 2 N–H and O–H groups in total. The van der Waals surface area contributed by atoms with E-state index >= 15 is 0 Å². The van der Waals surface area contributed by atoms with Crippen molar-refractivity contribution in [2.24, 2.45) is 5.92 Å². The fourth-order valence-electron chi connectivity index (χ4n) is 2.60. The molecule has 0 bridgehead atoms. The molecule has 2 aromatic carbocycles. The summed E-state index contributed by atoms with van der Waals surface area (Å²) in [5.41, 5.74) is 2.57. The van der Waals surface area contributed by atoms with Gasteiger partial charge in [-0.25, -0.2) is 0 Å². The zero-order valence-corrected chi connectivity index (χ0v) is 17.0. The number of anilines is 1. The van der Waals surface area contributed by atoms with E-state index in [1.54, 1.807) is 0 Å². The number of amides is 1. The van der Waals surface area contributed by atoms with Crippen LogP contribution in [0.1, 0.15) is 30.0 Å². The lowest BCUT2D eigenvalue weighted by Gasteiger charge is -2.09. The van der Waals surface area contributed by atoms with Gasteiger partial charge in [-0.3, -0.25) is 4.79 Å². The second-order valence-electron chi connectivity index (χ2n) is 6.81. The molecule has 0 spiro atoms. The van der Waals surface area contributed by atoms with Crippen LogP contribution in [0.25, 0.3) is 11.3 Å². The van der Waals surface area contributed by atoms with Crippen molar-refractivity contribution in [2.45, 2.75) is 20.4 Å². The van der Waals surface area contributed by atoms with Gasteiger partial charge < -0.3 is 15.1 Å². The van der Waals surface area contributed by atoms with E-state index in [4.69, 9.17) is 4.42 Å². The summed E-state index contributed by atoms with van der Waals surface area (Å²) in [4.78, 5) is 12.2. The van der Waals surface area contributed by atoms with Gasteiger partial charge in [0.1, 0.15) is 11.5 Å². The number of hydrogen-bond acceptors (Lipinski definition) is 3. The predicted octanol–water partition coefficient (Wildman–Crippen LogP) is 5.71. The number of rotatable bonds is 7. The maximum atomic E-state index is 12.2. The molecule has 0 aliphatic rings. The van der Waals surface area contributed by atoms with Gasteiger partial charge in [-0.2, -0.15) is 0 Å². The molecular weight excluding hydrogens is 404 g/mol. The first-order valence-corrected chi connectivity index (χ1v) is 9.77. The maximum absolute atomic E-state index is 12.2. The van der Waals surface area contributed by atoms with Gasteiger partial charge in [-0.1, -0.05) is 48.0 Å². The molecule has 0 radical (unpaired) electrons. The van der Waals surface area contributed by atoms with Crippen molar-refractivity contribution in [3.05, 3.63) is 76.5 Å². The molecule has 0 aliphatic heterocycles. The molecule has 1 heterocycles. The van der Waals surface area contributed by atoms with E-state index < -0.39 is 0 Å². The van der Waals surface area contributed by atoms with Gasteiger partial charge in [0.05, 0.1) is 6.54 Å². The molecule has 5 heteroatoms. The van der Waals surface area contributed by atoms with Gasteiger partial charge in [0.15, 0.2) is 0 Å². The molecule has 27 heavy (non-hydrogen) atoms. The van der Waals surface area contributed by atoms with E-state index in [9.17, 15) is 4.79 Å². The first-order chi connectivity index (χ1) is 13.0. The molecule has 0 aliphatic carbocycles. The van der Waals surface area contributed by atoms with E-state index in [1.165, 1.54) is 0 Å². The standard InChI is InChI=1S/C22H23BrN2O2/c1-15(2)13-25-22(26)17-4-3-5-19(12-17)24-14-20-10-11-21(27-20)16-6-8-18(23)9-7-16/h3-12,15,24H,13-14H2,1-2H3,(H,25,26). The SMILES string of the molecule is CC(C)CNC(=O)c1cccc(NCc2ccc(-c3ccc(Br)cc3)o2)c1. The zero-order chi connectivity index (χ0) is 19.2. The van der Waals surface area contributed by atoms with Crippen molar-refractivity contribution in [1.82, 2.24) is 5.32 Å². The van der Waals surface area contributed by atoms with Gasteiger partial charge in [0.2, 0.25) is 0 Å². The summed E-state index contributed by atoms with van der Waals surface area (Å²) in [6.07, 6.45) is 0. The van der Waals surface area contributed by atoms with Gasteiger partial charge in [0, 0.05) is 27.8 Å². The Morgan fingerprint density at radius 1 is 1.07 bits per heavy atom. The molecule has 0 unspecified atom stereocenters. The highest BCUT2D eigenvalue weighted by Crippen LogP contribution is 2.24. The quantitative estimate of drug-likeness (QED) is 0.508. The Bertz CT molecular complexity index is 901. The largest absolute Gasteiger partial charge is 0.459 e. The minimum absolute atomic E-state index is 0.0529. The lowest BCUT2D eigenvalue weighted by molar-refractivity contribution is 0.0949. The average Bonchev–Trinajstić information content (AvgIpc) is 3.14. The normalized spacial score (nSPS) is 10.8. The Kier molecular flexibility index (Phi) is 6.35. The van der Waals surface area contributed by atoms with E-state index in [0.717, 1.165) is 27.2 Å².